The number of alkyl halides is 3. The molecule has 1 aliphatic rings. The molecule has 0 radical (unpaired) electrons. The number of rotatable bonds is 5. The summed E-state index contributed by atoms with van der Waals surface area (Å²) in [5, 5.41) is 11.8. The van der Waals surface area contributed by atoms with Crippen LogP contribution < -0.4 is 5.32 Å². The van der Waals surface area contributed by atoms with Crippen molar-refractivity contribution in [2.24, 2.45) is 5.41 Å². The van der Waals surface area contributed by atoms with E-state index in [1.54, 1.807) is 6.92 Å². The number of nitrogens with one attached hydrogen (secondary N) is 1. The van der Waals surface area contributed by atoms with Gasteiger partial charge in [-0.15, -0.1) is 0 Å². The normalized spacial score (nSPS) is 18.6. The van der Waals surface area contributed by atoms with Crippen molar-refractivity contribution >= 4 is 11.9 Å². The average Bonchev–Trinajstić information content (AvgIpc) is 2.35. The van der Waals surface area contributed by atoms with Gasteiger partial charge < -0.3 is 15.3 Å². The van der Waals surface area contributed by atoms with Gasteiger partial charge in [-0.25, -0.2) is 0 Å². The maximum atomic E-state index is 12.5. The highest BCUT2D eigenvalue weighted by Gasteiger charge is 2.44. The highest BCUT2D eigenvalue weighted by atomic mass is 19.4. The third-order valence-corrected chi connectivity index (χ3v) is 3.67. The topological polar surface area (TPSA) is 69.6 Å². The number of piperidine rings is 1. The summed E-state index contributed by atoms with van der Waals surface area (Å²) in [5.41, 5.74) is -0.883. The van der Waals surface area contributed by atoms with Crippen molar-refractivity contribution in [2.75, 3.05) is 26.2 Å². The van der Waals surface area contributed by atoms with Crippen molar-refractivity contribution in [3.63, 3.8) is 0 Å². The van der Waals surface area contributed by atoms with Crippen LogP contribution in [0.15, 0.2) is 0 Å². The summed E-state index contributed by atoms with van der Waals surface area (Å²) >= 11 is 0. The fourth-order valence-electron chi connectivity index (χ4n) is 2.54. The van der Waals surface area contributed by atoms with E-state index in [-0.39, 0.29) is 0 Å². The van der Waals surface area contributed by atoms with Crippen LogP contribution >= 0.6 is 0 Å². The van der Waals surface area contributed by atoms with Crippen LogP contribution in [-0.2, 0) is 9.59 Å². The molecule has 0 saturated carbocycles. The lowest BCUT2D eigenvalue weighted by molar-refractivity contribution is -0.172. The molecule has 1 aliphatic heterocycles. The molecule has 1 amide bonds. The van der Waals surface area contributed by atoms with Gasteiger partial charge in [0.1, 0.15) is 13.1 Å². The number of aliphatic carboxylic acids is 1. The Morgan fingerprint density at radius 3 is 2.25 bits per heavy atom. The molecule has 8 heteroatoms. The van der Waals surface area contributed by atoms with Gasteiger partial charge in [0.15, 0.2) is 0 Å². The first kappa shape index (κ1) is 16.7. The molecule has 1 rings (SSSR count). The van der Waals surface area contributed by atoms with E-state index in [0.29, 0.717) is 37.3 Å². The molecule has 0 unspecified atom stereocenters. The van der Waals surface area contributed by atoms with E-state index in [4.69, 9.17) is 5.11 Å². The zero-order valence-corrected chi connectivity index (χ0v) is 11.3. The summed E-state index contributed by atoms with van der Waals surface area (Å²) in [6.45, 7) is 0.398. The van der Waals surface area contributed by atoms with Gasteiger partial charge in [0.2, 0.25) is 5.91 Å². The Labute approximate surface area is 115 Å². The predicted molar refractivity (Wildman–Crippen MR) is 65.1 cm³/mol. The van der Waals surface area contributed by atoms with E-state index < -0.39 is 36.6 Å². The Bertz CT molecular complexity index is 365. The number of carbonyl (C=O) groups excluding carboxylic acids is 1. The SMILES string of the molecule is CCC1(C(=O)N(CC(=O)O)CC(F)(F)F)CCNCC1. The van der Waals surface area contributed by atoms with Gasteiger partial charge in [0.25, 0.3) is 0 Å². The van der Waals surface area contributed by atoms with Gasteiger partial charge in [-0.3, -0.25) is 9.59 Å². The van der Waals surface area contributed by atoms with Crippen molar-refractivity contribution in [2.45, 2.75) is 32.4 Å². The highest BCUT2D eigenvalue weighted by molar-refractivity contribution is 5.86. The van der Waals surface area contributed by atoms with Crippen molar-refractivity contribution in [3.8, 4) is 0 Å². The molecule has 1 heterocycles. The Kier molecular flexibility index (Phi) is 5.38. The summed E-state index contributed by atoms with van der Waals surface area (Å²) in [6.07, 6.45) is -3.35. The number of hydrogen-bond acceptors (Lipinski definition) is 3. The van der Waals surface area contributed by atoms with Crippen molar-refractivity contribution in [1.82, 2.24) is 10.2 Å². The van der Waals surface area contributed by atoms with Crippen LogP contribution in [0.3, 0.4) is 0 Å². The molecule has 0 aromatic rings. The summed E-state index contributed by atoms with van der Waals surface area (Å²) in [5.74, 6) is -2.15. The largest absolute Gasteiger partial charge is 0.480 e. The zero-order valence-electron chi connectivity index (χ0n) is 11.3. The molecule has 0 aromatic carbocycles. The van der Waals surface area contributed by atoms with Gasteiger partial charge >= 0.3 is 12.1 Å². The van der Waals surface area contributed by atoms with Crippen molar-refractivity contribution in [3.05, 3.63) is 0 Å². The minimum Gasteiger partial charge on any atom is -0.480 e. The molecule has 0 spiro atoms. The molecule has 116 valence electrons. The van der Waals surface area contributed by atoms with Gasteiger partial charge in [0.05, 0.1) is 5.41 Å². The second-order valence-electron chi connectivity index (χ2n) is 5.05. The Balaban J connectivity index is 2.92. The number of carboxylic acid groups (broad SMARTS) is 1. The van der Waals surface area contributed by atoms with E-state index in [9.17, 15) is 22.8 Å². The minimum absolute atomic E-state index is 0.404. The van der Waals surface area contributed by atoms with E-state index >= 15 is 0 Å². The fraction of sp³-hybridized carbons (Fsp3) is 0.833. The number of carbonyl (C=O) groups is 2. The number of nitrogens with zero attached hydrogens (tertiary/aromatic N) is 1. The molecule has 5 nitrogen and oxygen atoms in total. The van der Waals surface area contributed by atoms with Crippen LogP contribution in [-0.4, -0.2) is 54.2 Å². The third kappa shape index (κ3) is 4.36. The van der Waals surface area contributed by atoms with Crippen LogP contribution in [0.2, 0.25) is 0 Å². The fourth-order valence-corrected chi connectivity index (χ4v) is 2.54. The summed E-state index contributed by atoms with van der Waals surface area (Å²) < 4.78 is 37.5. The molecule has 0 aromatic heterocycles. The number of amides is 1. The molecule has 0 atom stereocenters. The summed E-state index contributed by atoms with van der Waals surface area (Å²) in [7, 11) is 0. The van der Waals surface area contributed by atoms with Gasteiger partial charge in [-0.05, 0) is 32.4 Å². The second-order valence-corrected chi connectivity index (χ2v) is 5.05. The Hall–Kier alpha value is -1.31. The molecular weight excluding hydrogens is 277 g/mol. The molecule has 0 aliphatic carbocycles. The van der Waals surface area contributed by atoms with E-state index in [1.807, 2.05) is 0 Å². The second kappa shape index (κ2) is 6.43. The lowest BCUT2D eigenvalue weighted by atomic mass is 9.75. The maximum Gasteiger partial charge on any atom is 0.406 e. The Morgan fingerprint density at radius 1 is 1.30 bits per heavy atom. The van der Waals surface area contributed by atoms with E-state index in [1.165, 1.54) is 0 Å². The number of hydrogen-bond donors (Lipinski definition) is 2. The van der Waals surface area contributed by atoms with Gasteiger partial charge in [0, 0.05) is 0 Å². The third-order valence-electron chi connectivity index (χ3n) is 3.67. The Morgan fingerprint density at radius 2 is 1.85 bits per heavy atom. The molecule has 2 N–H and O–H groups in total. The minimum atomic E-state index is -4.60. The van der Waals surface area contributed by atoms with Crippen LogP contribution in [0, 0.1) is 5.41 Å². The molecule has 0 bridgehead atoms. The number of halogens is 3. The first-order valence-electron chi connectivity index (χ1n) is 6.49. The summed E-state index contributed by atoms with van der Waals surface area (Å²) in [6, 6.07) is 0. The highest BCUT2D eigenvalue weighted by Crippen LogP contribution is 2.35. The van der Waals surface area contributed by atoms with Gasteiger partial charge in [-0.1, -0.05) is 6.92 Å². The van der Waals surface area contributed by atoms with Crippen molar-refractivity contribution in [1.29, 1.82) is 0 Å². The first-order valence-corrected chi connectivity index (χ1v) is 6.49. The first-order chi connectivity index (χ1) is 9.20. The smallest absolute Gasteiger partial charge is 0.406 e. The van der Waals surface area contributed by atoms with Crippen LogP contribution in [0.5, 0.6) is 0 Å². The monoisotopic (exact) mass is 296 g/mol. The predicted octanol–water partition coefficient (Wildman–Crippen LogP) is 1.24. The van der Waals surface area contributed by atoms with Crippen molar-refractivity contribution < 1.29 is 27.9 Å². The lowest BCUT2D eigenvalue weighted by Crippen LogP contribution is -2.52. The van der Waals surface area contributed by atoms with E-state index in [0.717, 1.165) is 0 Å². The average molecular weight is 296 g/mol. The van der Waals surface area contributed by atoms with Crippen LogP contribution in [0.25, 0.3) is 0 Å². The van der Waals surface area contributed by atoms with Crippen LogP contribution in [0.4, 0.5) is 13.2 Å². The van der Waals surface area contributed by atoms with E-state index in [2.05, 4.69) is 5.32 Å². The molecule has 1 fully saturated rings. The number of carboxylic acids is 1. The summed E-state index contributed by atoms with van der Waals surface area (Å²) in [4.78, 5) is 23.5. The molecular formula is C12H19F3N2O3. The standard InChI is InChI=1S/C12H19F3N2O3/c1-2-11(3-5-16-6-4-11)10(20)17(7-9(18)19)8-12(13,14)15/h16H,2-8H2,1H3,(H,18,19). The molecule has 1 saturated heterocycles. The maximum absolute atomic E-state index is 12.5. The lowest BCUT2D eigenvalue weighted by Gasteiger charge is -2.39. The molecule has 20 heavy (non-hydrogen) atoms. The zero-order chi connectivity index (χ0) is 15.4. The van der Waals surface area contributed by atoms with Crippen LogP contribution in [0.1, 0.15) is 26.2 Å². The quantitative estimate of drug-likeness (QED) is 0.801. The van der Waals surface area contributed by atoms with Gasteiger partial charge in [-0.2, -0.15) is 13.2 Å².